The topological polar surface area (TPSA) is 63.3 Å². The summed E-state index contributed by atoms with van der Waals surface area (Å²) in [6, 6.07) is 23.3. The van der Waals surface area contributed by atoms with Crippen LogP contribution in [-0.2, 0) is 11.3 Å². The first-order chi connectivity index (χ1) is 18.1. The molecule has 7 nitrogen and oxygen atoms in total. The number of piperazine rings is 1. The fourth-order valence-electron chi connectivity index (χ4n) is 4.19. The number of amides is 1. The van der Waals surface area contributed by atoms with E-state index in [4.69, 9.17) is 26.4 Å². The van der Waals surface area contributed by atoms with Crippen molar-refractivity contribution in [2.24, 2.45) is 0 Å². The van der Waals surface area contributed by atoms with Crippen molar-refractivity contribution in [1.82, 2.24) is 9.80 Å². The average molecular weight is 520 g/mol. The van der Waals surface area contributed by atoms with Gasteiger partial charge in [0.15, 0.2) is 18.1 Å². The maximum absolute atomic E-state index is 12.4. The van der Waals surface area contributed by atoms with E-state index in [1.54, 1.807) is 25.3 Å². The molecule has 1 fully saturated rings. The van der Waals surface area contributed by atoms with Crippen LogP contribution in [0.15, 0.2) is 72.8 Å². The van der Waals surface area contributed by atoms with Crippen molar-refractivity contribution in [2.75, 3.05) is 51.8 Å². The summed E-state index contributed by atoms with van der Waals surface area (Å²) in [5.41, 5.74) is 2.90. The van der Waals surface area contributed by atoms with E-state index < -0.39 is 0 Å². The highest BCUT2D eigenvalue weighted by Crippen LogP contribution is 2.29. The number of carbonyl (C=O) groups excluding carboxylic acids is 1. The van der Waals surface area contributed by atoms with Gasteiger partial charge >= 0.3 is 0 Å². The van der Waals surface area contributed by atoms with Gasteiger partial charge in [0.25, 0.3) is 5.91 Å². The molecular formula is C29H33N3O4S. The zero-order valence-electron chi connectivity index (χ0n) is 21.3. The molecule has 0 unspecified atom stereocenters. The van der Waals surface area contributed by atoms with Gasteiger partial charge < -0.3 is 24.4 Å². The number of ether oxygens (including phenoxy) is 3. The van der Waals surface area contributed by atoms with Crippen molar-refractivity contribution in [1.29, 1.82) is 0 Å². The van der Waals surface area contributed by atoms with Crippen molar-refractivity contribution >= 4 is 28.8 Å². The lowest BCUT2D eigenvalue weighted by atomic mass is 10.1. The fourth-order valence-corrected chi connectivity index (χ4v) is 4.50. The molecule has 8 heteroatoms. The Morgan fingerprint density at radius 2 is 1.65 bits per heavy atom. The Morgan fingerprint density at radius 3 is 2.32 bits per heavy atom. The molecule has 0 spiro atoms. The standard InChI is InChI=1S/C29H33N3O4S/c1-3-35-25-12-10-24(11-13-25)30-28(33)21-36-26-14-9-23(19-27(26)34-2)29(37)32-17-15-31(16-18-32)20-22-7-5-4-6-8-22/h4-14,19H,3,15-18,20-21H2,1-2H3,(H,30,33). The second-order valence-electron chi connectivity index (χ2n) is 8.71. The number of hydrogen-bond donors (Lipinski definition) is 1. The third-order valence-electron chi connectivity index (χ3n) is 6.13. The SMILES string of the molecule is CCOc1ccc(NC(=O)COc2ccc(C(=S)N3CCN(Cc4ccccc4)CC3)cc2OC)cc1. The number of hydrogen-bond acceptors (Lipinski definition) is 6. The molecule has 1 saturated heterocycles. The van der Waals surface area contributed by atoms with E-state index in [9.17, 15) is 4.79 Å². The Bertz CT molecular complexity index is 1180. The molecule has 0 aromatic heterocycles. The van der Waals surface area contributed by atoms with Gasteiger partial charge in [-0.3, -0.25) is 9.69 Å². The van der Waals surface area contributed by atoms with Gasteiger partial charge in [-0.15, -0.1) is 0 Å². The molecule has 1 aliphatic heterocycles. The van der Waals surface area contributed by atoms with Crippen LogP contribution in [-0.4, -0.2) is 67.2 Å². The van der Waals surface area contributed by atoms with E-state index in [1.807, 2.05) is 37.3 Å². The van der Waals surface area contributed by atoms with E-state index in [0.29, 0.717) is 23.8 Å². The van der Waals surface area contributed by atoms with E-state index in [-0.39, 0.29) is 12.5 Å². The van der Waals surface area contributed by atoms with Crippen LogP contribution < -0.4 is 19.5 Å². The molecule has 0 bridgehead atoms. The lowest BCUT2D eigenvalue weighted by molar-refractivity contribution is -0.118. The Morgan fingerprint density at radius 1 is 0.919 bits per heavy atom. The third kappa shape index (κ3) is 7.44. The summed E-state index contributed by atoms with van der Waals surface area (Å²) in [7, 11) is 1.58. The highest BCUT2D eigenvalue weighted by molar-refractivity contribution is 7.80. The number of thiocarbonyl (C=S) groups is 1. The predicted molar refractivity (Wildman–Crippen MR) is 150 cm³/mol. The van der Waals surface area contributed by atoms with Crippen LogP contribution in [0.5, 0.6) is 17.2 Å². The molecule has 0 aliphatic carbocycles. The molecule has 4 rings (SSSR count). The van der Waals surface area contributed by atoms with Crippen LogP contribution in [0, 0.1) is 0 Å². The highest BCUT2D eigenvalue weighted by atomic mass is 32.1. The Kier molecular flexibility index (Phi) is 9.35. The van der Waals surface area contributed by atoms with Gasteiger partial charge in [0.1, 0.15) is 10.7 Å². The summed E-state index contributed by atoms with van der Waals surface area (Å²) in [6.07, 6.45) is 0. The molecule has 0 saturated carbocycles. The number of methoxy groups -OCH3 is 1. The number of nitrogens with zero attached hydrogens (tertiary/aromatic N) is 2. The lowest BCUT2D eigenvalue weighted by Crippen LogP contribution is -2.48. The quantitative estimate of drug-likeness (QED) is 0.393. The van der Waals surface area contributed by atoms with Crippen molar-refractivity contribution in [3.05, 3.63) is 83.9 Å². The minimum atomic E-state index is -0.265. The monoisotopic (exact) mass is 519 g/mol. The van der Waals surface area contributed by atoms with E-state index in [2.05, 4.69) is 39.4 Å². The number of rotatable bonds is 10. The molecule has 0 radical (unpaired) electrons. The predicted octanol–water partition coefficient (Wildman–Crippen LogP) is 4.60. The number of carbonyl (C=O) groups is 1. The second kappa shape index (κ2) is 13.1. The number of nitrogens with one attached hydrogen (secondary N) is 1. The molecule has 1 amide bonds. The van der Waals surface area contributed by atoms with Crippen LogP contribution in [0.4, 0.5) is 5.69 Å². The highest BCUT2D eigenvalue weighted by Gasteiger charge is 2.21. The van der Waals surface area contributed by atoms with Crippen molar-refractivity contribution in [3.63, 3.8) is 0 Å². The second-order valence-corrected chi connectivity index (χ2v) is 9.10. The van der Waals surface area contributed by atoms with Crippen LogP contribution >= 0.6 is 12.2 Å². The first-order valence-corrected chi connectivity index (χ1v) is 12.9. The maximum atomic E-state index is 12.4. The zero-order chi connectivity index (χ0) is 26.0. The van der Waals surface area contributed by atoms with Gasteiger partial charge in [0.2, 0.25) is 0 Å². The molecule has 1 aliphatic rings. The lowest BCUT2D eigenvalue weighted by Gasteiger charge is -2.36. The molecule has 37 heavy (non-hydrogen) atoms. The van der Waals surface area contributed by atoms with Crippen LogP contribution in [0.25, 0.3) is 0 Å². The van der Waals surface area contributed by atoms with Gasteiger partial charge in [0.05, 0.1) is 13.7 Å². The molecule has 1 N–H and O–H groups in total. The Balaban J connectivity index is 1.28. The summed E-state index contributed by atoms with van der Waals surface area (Å²) in [6.45, 7) is 6.99. The molecule has 3 aromatic rings. The largest absolute Gasteiger partial charge is 0.494 e. The first-order valence-electron chi connectivity index (χ1n) is 12.4. The normalized spacial score (nSPS) is 13.6. The van der Waals surface area contributed by atoms with E-state index >= 15 is 0 Å². The summed E-state index contributed by atoms with van der Waals surface area (Å²) >= 11 is 5.80. The smallest absolute Gasteiger partial charge is 0.262 e. The average Bonchev–Trinajstić information content (AvgIpc) is 2.93. The Hall–Kier alpha value is -3.62. The van der Waals surface area contributed by atoms with Crippen LogP contribution in [0.3, 0.4) is 0 Å². The Labute approximate surface area is 223 Å². The van der Waals surface area contributed by atoms with E-state index in [0.717, 1.165) is 49.0 Å². The minimum absolute atomic E-state index is 0.142. The summed E-state index contributed by atoms with van der Waals surface area (Å²) in [5.74, 6) is 1.52. The summed E-state index contributed by atoms with van der Waals surface area (Å²) in [5, 5.41) is 2.82. The molecular weight excluding hydrogens is 486 g/mol. The first kappa shape index (κ1) is 26.4. The number of benzene rings is 3. The van der Waals surface area contributed by atoms with Gasteiger partial charge in [0, 0.05) is 44.0 Å². The van der Waals surface area contributed by atoms with Gasteiger partial charge in [-0.1, -0.05) is 42.5 Å². The van der Waals surface area contributed by atoms with Crippen molar-refractivity contribution in [2.45, 2.75) is 13.5 Å². The maximum Gasteiger partial charge on any atom is 0.262 e. The molecule has 3 aromatic carbocycles. The van der Waals surface area contributed by atoms with Gasteiger partial charge in [-0.2, -0.15) is 0 Å². The summed E-state index contributed by atoms with van der Waals surface area (Å²) < 4.78 is 16.7. The summed E-state index contributed by atoms with van der Waals surface area (Å²) in [4.78, 5) is 17.9. The molecule has 1 heterocycles. The third-order valence-corrected chi connectivity index (χ3v) is 6.62. The van der Waals surface area contributed by atoms with Crippen LogP contribution in [0.2, 0.25) is 0 Å². The van der Waals surface area contributed by atoms with Gasteiger partial charge in [-0.25, -0.2) is 0 Å². The van der Waals surface area contributed by atoms with Crippen molar-refractivity contribution < 1.29 is 19.0 Å². The zero-order valence-corrected chi connectivity index (χ0v) is 22.1. The molecule has 194 valence electrons. The van der Waals surface area contributed by atoms with E-state index in [1.165, 1.54) is 5.56 Å². The minimum Gasteiger partial charge on any atom is -0.494 e. The number of anilines is 1. The van der Waals surface area contributed by atoms with Crippen LogP contribution in [0.1, 0.15) is 18.1 Å². The van der Waals surface area contributed by atoms with Gasteiger partial charge in [-0.05, 0) is 55.0 Å². The fraction of sp³-hybridized carbons (Fsp3) is 0.310. The van der Waals surface area contributed by atoms with Crippen molar-refractivity contribution in [3.8, 4) is 17.2 Å². The molecule has 0 atom stereocenters.